The molecule has 4 aromatic rings. The van der Waals surface area contributed by atoms with E-state index >= 15 is 0 Å². The molecule has 35 heavy (non-hydrogen) atoms. The molecule has 9 nitrogen and oxygen atoms in total. The Morgan fingerprint density at radius 1 is 0.914 bits per heavy atom. The van der Waals surface area contributed by atoms with Gasteiger partial charge < -0.3 is 14.2 Å². The fraction of sp³-hybridized carbons (Fsp3) is 0.385. The standard InChI is InChI=1S/C26H28N6O3/c1-2-9-31(10-3-1)11-12-35-26-27-17-19(18-28-26)15-24-29-25-6-4-5-21(32(25)30-24)20-7-8-22-23(16-20)34-14-13-33-22/h4-8,16-18H,1-3,9-15H2. The fourth-order valence-electron chi connectivity index (χ4n) is 4.59. The molecule has 5 heterocycles. The lowest BCUT2D eigenvalue weighted by Gasteiger charge is -2.25. The molecule has 0 unspecified atom stereocenters. The third-order valence-corrected chi connectivity index (χ3v) is 6.37. The van der Waals surface area contributed by atoms with Crippen molar-refractivity contribution in [3.05, 3.63) is 60.2 Å². The molecule has 1 aromatic carbocycles. The zero-order valence-electron chi connectivity index (χ0n) is 19.6. The van der Waals surface area contributed by atoms with Gasteiger partial charge in [0.2, 0.25) is 0 Å². The van der Waals surface area contributed by atoms with Crippen molar-refractivity contribution in [2.75, 3.05) is 39.5 Å². The lowest BCUT2D eigenvalue weighted by Crippen LogP contribution is -2.33. The molecule has 0 spiro atoms. The minimum Gasteiger partial charge on any atom is -0.486 e. The van der Waals surface area contributed by atoms with Crippen LogP contribution in [0.3, 0.4) is 0 Å². The van der Waals surface area contributed by atoms with Crippen LogP contribution in [0, 0.1) is 0 Å². The van der Waals surface area contributed by atoms with E-state index in [0.717, 1.165) is 53.6 Å². The zero-order chi connectivity index (χ0) is 23.5. The van der Waals surface area contributed by atoms with Crippen molar-refractivity contribution in [2.45, 2.75) is 25.7 Å². The van der Waals surface area contributed by atoms with Crippen LogP contribution in [0.15, 0.2) is 48.8 Å². The Balaban J connectivity index is 1.14. The maximum atomic E-state index is 5.75. The Kier molecular flexibility index (Phi) is 6.15. The zero-order valence-corrected chi connectivity index (χ0v) is 19.6. The van der Waals surface area contributed by atoms with Gasteiger partial charge in [0, 0.05) is 30.9 Å². The van der Waals surface area contributed by atoms with Crippen molar-refractivity contribution >= 4 is 5.65 Å². The van der Waals surface area contributed by atoms with Gasteiger partial charge in [-0.05, 0) is 61.8 Å². The SMILES string of the molecule is c1cc(-c2ccc3c(c2)OCCO3)n2nc(Cc3cnc(OCCN4CCCCC4)nc3)nc2c1. The molecular weight excluding hydrogens is 444 g/mol. The average molecular weight is 473 g/mol. The molecule has 0 aliphatic carbocycles. The van der Waals surface area contributed by atoms with Gasteiger partial charge in [0.25, 0.3) is 0 Å². The summed E-state index contributed by atoms with van der Waals surface area (Å²) in [5, 5.41) is 4.76. The fourth-order valence-corrected chi connectivity index (χ4v) is 4.59. The Labute approximate surface area is 203 Å². The first kappa shape index (κ1) is 21.8. The summed E-state index contributed by atoms with van der Waals surface area (Å²) in [5.41, 5.74) is 3.65. The predicted molar refractivity (Wildman–Crippen MR) is 130 cm³/mol. The highest BCUT2D eigenvalue weighted by Crippen LogP contribution is 2.34. The number of hydrogen-bond donors (Lipinski definition) is 0. The van der Waals surface area contributed by atoms with Gasteiger partial charge in [0.05, 0.1) is 5.69 Å². The second-order valence-electron chi connectivity index (χ2n) is 8.87. The summed E-state index contributed by atoms with van der Waals surface area (Å²) in [6, 6.07) is 12.3. The number of fused-ring (bicyclic) bond motifs is 2. The van der Waals surface area contributed by atoms with Crippen molar-refractivity contribution in [2.24, 2.45) is 0 Å². The van der Waals surface area contributed by atoms with E-state index in [9.17, 15) is 0 Å². The van der Waals surface area contributed by atoms with Gasteiger partial charge in [-0.2, -0.15) is 5.10 Å². The lowest BCUT2D eigenvalue weighted by molar-refractivity contribution is 0.171. The van der Waals surface area contributed by atoms with Crippen LogP contribution in [-0.2, 0) is 6.42 Å². The van der Waals surface area contributed by atoms with Crippen LogP contribution in [-0.4, -0.2) is 68.9 Å². The van der Waals surface area contributed by atoms with Crippen molar-refractivity contribution < 1.29 is 14.2 Å². The van der Waals surface area contributed by atoms with E-state index < -0.39 is 0 Å². The maximum absolute atomic E-state index is 5.75. The number of nitrogens with zero attached hydrogens (tertiary/aromatic N) is 6. The normalized spacial score (nSPS) is 15.9. The molecule has 3 aromatic heterocycles. The van der Waals surface area contributed by atoms with E-state index in [1.54, 1.807) is 12.4 Å². The molecular formula is C26H28N6O3. The first-order valence-electron chi connectivity index (χ1n) is 12.2. The van der Waals surface area contributed by atoms with Gasteiger partial charge in [-0.15, -0.1) is 0 Å². The van der Waals surface area contributed by atoms with E-state index in [2.05, 4.69) is 14.9 Å². The number of rotatable bonds is 7. The Bertz CT molecular complexity index is 1300. The maximum Gasteiger partial charge on any atom is 0.316 e. The quantitative estimate of drug-likeness (QED) is 0.404. The van der Waals surface area contributed by atoms with Crippen LogP contribution in [0.4, 0.5) is 0 Å². The molecule has 0 bridgehead atoms. The molecule has 9 heteroatoms. The van der Waals surface area contributed by atoms with Crippen LogP contribution < -0.4 is 14.2 Å². The number of pyridine rings is 1. The molecule has 180 valence electrons. The average Bonchev–Trinajstić information content (AvgIpc) is 3.32. The first-order valence-corrected chi connectivity index (χ1v) is 12.2. The van der Waals surface area contributed by atoms with Crippen molar-refractivity contribution in [1.29, 1.82) is 0 Å². The molecule has 0 amide bonds. The van der Waals surface area contributed by atoms with E-state index in [1.165, 1.54) is 19.3 Å². The van der Waals surface area contributed by atoms with Crippen molar-refractivity contribution in [3.8, 4) is 28.8 Å². The molecule has 2 aliphatic rings. The smallest absolute Gasteiger partial charge is 0.316 e. The van der Waals surface area contributed by atoms with Gasteiger partial charge in [0.15, 0.2) is 23.0 Å². The second kappa shape index (κ2) is 9.87. The van der Waals surface area contributed by atoms with Gasteiger partial charge in [-0.1, -0.05) is 12.5 Å². The first-order chi connectivity index (χ1) is 17.3. The summed E-state index contributed by atoms with van der Waals surface area (Å²) in [4.78, 5) is 15.9. The minimum atomic E-state index is 0.412. The number of ether oxygens (including phenoxy) is 3. The Hall–Kier alpha value is -3.72. The van der Waals surface area contributed by atoms with E-state index in [-0.39, 0.29) is 0 Å². The monoisotopic (exact) mass is 472 g/mol. The van der Waals surface area contributed by atoms with E-state index in [0.29, 0.717) is 38.1 Å². The van der Waals surface area contributed by atoms with Crippen LogP contribution in [0.5, 0.6) is 17.5 Å². The Morgan fingerprint density at radius 2 is 1.74 bits per heavy atom. The predicted octanol–water partition coefficient (Wildman–Crippen LogP) is 3.41. The number of benzene rings is 1. The van der Waals surface area contributed by atoms with Crippen LogP contribution in [0.25, 0.3) is 16.9 Å². The summed E-state index contributed by atoms with van der Waals surface area (Å²) >= 11 is 0. The summed E-state index contributed by atoms with van der Waals surface area (Å²) in [6.45, 7) is 4.97. The van der Waals surface area contributed by atoms with Gasteiger partial charge in [-0.25, -0.2) is 19.5 Å². The van der Waals surface area contributed by atoms with Crippen molar-refractivity contribution in [1.82, 2.24) is 29.5 Å². The number of likely N-dealkylation sites (tertiary alicyclic amines) is 1. The lowest BCUT2D eigenvalue weighted by atomic mass is 10.1. The van der Waals surface area contributed by atoms with Gasteiger partial charge in [-0.3, -0.25) is 4.90 Å². The number of aromatic nitrogens is 5. The van der Waals surface area contributed by atoms with E-state index in [4.69, 9.17) is 24.3 Å². The third kappa shape index (κ3) is 4.90. The van der Waals surface area contributed by atoms with Crippen LogP contribution >= 0.6 is 0 Å². The highest BCUT2D eigenvalue weighted by atomic mass is 16.6. The molecule has 1 saturated heterocycles. The molecule has 1 fully saturated rings. The molecule has 2 aliphatic heterocycles. The summed E-state index contributed by atoms with van der Waals surface area (Å²) in [7, 11) is 0. The Morgan fingerprint density at radius 3 is 2.60 bits per heavy atom. The van der Waals surface area contributed by atoms with Crippen LogP contribution in [0.1, 0.15) is 30.7 Å². The van der Waals surface area contributed by atoms with Crippen molar-refractivity contribution in [3.63, 3.8) is 0 Å². The highest BCUT2D eigenvalue weighted by molar-refractivity contribution is 5.66. The number of piperidine rings is 1. The van der Waals surface area contributed by atoms with Gasteiger partial charge >= 0.3 is 6.01 Å². The van der Waals surface area contributed by atoms with E-state index in [1.807, 2.05) is 40.9 Å². The molecule has 0 atom stereocenters. The molecule has 0 radical (unpaired) electrons. The molecule has 6 rings (SSSR count). The molecule has 0 N–H and O–H groups in total. The topological polar surface area (TPSA) is 86.9 Å². The van der Waals surface area contributed by atoms with Gasteiger partial charge in [0.1, 0.15) is 19.8 Å². The highest BCUT2D eigenvalue weighted by Gasteiger charge is 2.15. The largest absolute Gasteiger partial charge is 0.486 e. The summed E-state index contributed by atoms with van der Waals surface area (Å²) in [5.74, 6) is 2.23. The minimum absolute atomic E-state index is 0.412. The third-order valence-electron chi connectivity index (χ3n) is 6.37. The molecule has 0 saturated carbocycles. The second-order valence-corrected chi connectivity index (χ2v) is 8.87. The summed E-state index contributed by atoms with van der Waals surface area (Å²) in [6.07, 6.45) is 8.01. The summed E-state index contributed by atoms with van der Waals surface area (Å²) < 4.78 is 19.0. The van der Waals surface area contributed by atoms with Crippen LogP contribution in [0.2, 0.25) is 0 Å². The number of hydrogen-bond acceptors (Lipinski definition) is 8.